The maximum atomic E-state index is 11.8. The van der Waals surface area contributed by atoms with Gasteiger partial charge in [-0.3, -0.25) is 9.48 Å². The third-order valence-corrected chi connectivity index (χ3v) is 2.74. The van der Waals surface area contributed by atoms with Gasteiger partial charge < -0.3 is 10.6 Å². The van der Waals surface area contributed by atoms with Crippen LogP contribution in [0.4, 0.5) is 5.82 Å². The summed E-state index contributed by atoms with van der Waals surface area (Å²) < 4.78 is 1.66. The molecule has 0 spiro atoms. The van der Waals surface area contributed by atoms with E-state index in [0.717, 1.165) is 31.7 Å². The molecule has 2 heterocycles. The molecule has 5 heteroatoms. The fourth-order valence-corrected chi connectivity index (χ4v) is 1.80. The molecular formula is C10H16N4O. The summed E-state index contributed by atoms with van der Waals surface area (Å²) >= 11 is 0. The lowest BCUT2D eigenvalue weighted by Crippen LogP contribution is -2.37. The zero-order valence-corrected chi connectivity index (χ0v) is 8.86. The quantitative estimate of drug-likeness (QED) is 0.737. The van der Waals surface area contributed by atoms with Gasteiger partial charge in [0.05, 0.1) is 12.1 Å². The van der Waals surface area contributed by atoms with Crippen molar-refractivity contribution in [2.45, 2.75) is 12.8 Å². The van der Waals surface area contributed by atoms with Gasteiger partial charge in [0.2, 0.25) is 5.91 Å². The molecule has 1 aliphatic rings. The molecular weight excluding hydrogens is 192 g/mol. The molecule has 1 aromatic heterocycles. The van der Waals surface area contributed by atoms with Gasteiger partial charge in [-0.15, -0.1) is 0 Å². The maximum absolute atomic E-state index is 11.8. The normalized spacial score (nSPS) is 21.3. The van der Waals surface area contributed by atoms with Crippen LogP contribution in [0.1, 0.15) is 12.8 Å². The first-order valence-corrected chi connectivity index (χ1v) is 5.27. The summed E-state index contributed by atoms with van der Waals surface area (Å²) in [6.45, 7) is 1.80. The molecule has 1 saturated heterocycles. The monoisotopic (exact) mass is 208 g/mol. The lowest BCUT2D eigenvalue weighted by Gasteiger charge is -2.21. The molecule has 1 aliphatic heterocycles. The summed E-state index contributed by atoms with van der Waals surface area (Å²) in [7, 11) is 1.81. The summed E-state index contributed by atoms with van der Waals surface area (Å²) in [5, 5.41) is 10.1. The Bertz CT molecular complexity index is 341. The van der Waals surface area contributed by atoms with Crippen LogP contribution in [0.25, 0.3) is 0 Å². The molecule has 1 atom stereocenters. The molecule has 15 heavy (non-hydrogen) atoms. The number of carbonyl (C=O) groups excluding carboxylic acids is 1. The fraction of sp³-hybridized carbons (Fsp3) is 0.600. The number of nitrogens with zero attached hydrogens (tertiary/aromatic N) is 2. The van der Waals surface area contributed by atoms with Crippen molar-refractivity contribution in [1.29, 1.82) is 0 Å². The molecule has 0 saturated carbocycles. The average Bonchev–Trinajstić information content (AvgIpc) is 2.66. The molecule has 1 fully saturated rings. The van der Waals surface area contributed by atoms with Crippen LogP contribution in [-0.2, 0) is 11.8 Å². The van der Waals surface area contributed by atoms with E-state index in [1.54, 1.807) is 16.9 Å². The van der Waals surface area contributed by atoms with Crippen molar-refractivity contribution in [3.8, 4) is 0 Å². The summed E-state index contributed by atoms with van der Waals surface area (Å²) in [5.74, 6) is 0.935. The zero-order chi connectivity index (χ0) is 10.7. The molecule has 0 bridgehead atoms. The summed E-state index contributed by atoms with van der Waals surface area (Å²) in [5.41, 5.74) is 0. The van der Waals surface area contributed by atoms with E-state index < -0.39 is 0 Å². The Morgan fingerprint density at radius 1 is 1.73 bits per heavy atom. The van der Waals surface area contributed by atoms with Crippen LogP contribution in [-0.4, -0.2) is 28.8 Å². The van der Waals surface area contributed by atoms with E-state index in [1.807, 2.05) is 7.05 Å². The fourth-order valence-electron chi connectivity index (χ4n) is 1.80. The Hall–Kier alpha value is -1.36. The summed E-state index contributed by atoms with van der Waals surface area (Å²) in [6, 6.07) is 1.80. The van der Waals surface area contributed by atoms with Crippen LogP contribution < -0.4 is 10.6 Å². The Balaban J connectivity index is 1.94. The van der Waals surface area contributed by atoms with Crippen LogP contribution >= 0.6 is 0 Å². The number of aryl methyl sites for hydroxylation is 1. The van der Waals surface area contributed by atoms with Gasteiger partial charge in [-0.2, -0.15) is 5.10 Å². The van der Waals surface area contributed by atoms with Crippen molar-refractivity contribution < 1.29 is 4.79 Å². The molecule has 5 nitrogen and oxygen atoms in total. The highest BCUT2D eigenvalue weighted by atomic mass is 16.2. The molecule has 2 N–H and O–H groups in total. The van der Waals surface area contributed by atoms with E-state index in [2.05, 4.69) is 15.7 Å². The highest BCUT2D eigenvalue weighted by molar-refractivity contribution is 5.91. The highest BCUT2D eigenvalue weighted by Crippen LogP contribution is 2.13. The predicted octanol–water partition coefficient (Wildman–Crippen LogP) is 0.358. The van der Waals surface area contributed by atoms with E-state index >= 15 is 0 Å². The van der Waals surface area contributed by atoms with Crippen molar-refractivity contribution in [2.75, 3.05) is 18.4 Å². The van der Waals surface area contributed by atoms with Crippen molar-refractivity contribution in [3.05, 3.63) is 12.3 Å². The van der Waals surface area contributed by atoms with Crippen LogP contribution in [0.3, 0.4) is 0 Å². The molecule has 2 rings (SSSR count). The van der Waals surface area contributed by atoms with Crippen LogP contribution in [0.15, 0.2) is 12.3 Å². The van der Waals surface area contributed by atoms with Gasteiger partial charge in [-0.05, 0) is 19.4 Å². The third-order valence-electron chi connectivity index (χ3n) is 2.74. The molecule has 0 aromatic carbocycles. The Morgan fingerprint density at radius 3 is 3.20 bits per heavy atom. The van der Waals surface area contributed by atoms with Crippen LogP contribution in [0.5, 0.6) is 0 Å². The first-order chi connectivity index (χ1) is 7.27. The molecule has 82 valence electrons. The van der Waals surface area contributed by atoms with Crippen molar-refractivity contribution >= 4 is 11.7 Å². The first kappa shape index (κ1) is 10.2. The predicted molar refractivity (Wildman–Crippen MR) is 57.4 cm³/mol. The number of piperidine rings is 1. The van der Waals surface area contributed by atoms with E-state index in [-0.39, 0.29) is 11.8 Å². The lowest BCUT2D eigenvalue weighted by molar-refractivity contribution is -0.120. The van der Waals surface area contributed by atoms with E-state index in [9.17, 15) is 4.79 Å². The van der Waals surface area contributed by atoms with Gasteiger partial charge in [0.15, 0.2) is 0 Å². The Kier molecular flexibility index (Phi) is 3.01. The number of nitrogens with one attached hydrogen (secondary N) is 2. The first-order valence-electron chi connectivity index (χ1n) is 5.27. The Morgan fingerprint density at radius 2 is 2.60 bits per heavy atom. The summed E-state index contributed by atoms with van der Waals surface area (Å²) in [6.07, 6.45) is 3.72. The number of rotatable bonds is 2. The highest BCUT2D eigenvalue weighted by Gasteiger charge is 2.21. The van der Waals surface area contributed by atoms with Crippen molar-refractivity contribution in [3.63, 3.8) is 0 Å². The van der Waals surface area contributed by atoms with Crippen molar-refractivity contribution in [2.24, 2.45) is 13.0 Å². The topological polar surface area (TPSA) is 59.0 Å². The largest absolute Gasteiger partial charge is 0.316 e. The average molecular weight is 208 g/mol. The minimum Gasteiger partial charge on any atom is -0.316 e. The van der Waals surface area contributed by atoms with E-state index in [0.29, 0.717) is 0 Å². The van der Waals surface area contributed by atoms with Crippen LogP contribution in [0.2, 0.25) is 0 Å². The van der Waals surface area contributed by atoms with E-state index in [4.69, 9.17) is 0 Å². The number of aromatic nitrogens is 2. The van der Waals surface area contributed by atoms with E-state index in [1.165, 1.54) is 0 Å². The molecule has 1 unspecified atom stereocenters. The Labute approximate surface area is 88.8 Å². The minimum absolute atomic E-state index is 0.0887. The van der Waals surface area contributed by atoms with Gasteiger partial charge >= 0.3 is 0 Å². The number of carbonyl (C=O) groups is 1. The van der Waals surface area contributed by atoms with Gasteiger partial charge in [0.1, 0.15) is 5.82 Å². The maximum Gasteiger partial charge on any atom is 0.229 e. The SMILES string of the molecule is Cn1nccc1NC(=O)C1CCCNC1. The second-order valence-corrected chi connectivity index (χ2v) is 3.87. The van der Waals surface area contributed by atoms with Gasteiger partial charge in [-0.1, -0.05) is 0 Å². The van der Waals surface area contributed by atoms with Crippen molar-refractivity contribution in [1.82, 2.24) is 15.1 Å². The van der Waals surface area contributed by atoms with Crippen LogP contribution in [0, 0.1) is 5.92 Å². The molecule has 1 aromatic rings. The van der Waals surface area contributed by atoms with Gasteiger partial charge in [0.25, 0.3) is 0 Å². The third kappa shape index (κ3) is 2.36. The number of hydrogen-bond donors (Lipinski definition) is 2. The van der Waals surface area contributed by atoms with Gasteiger partial charge in [0, 0.05) is 19.7 Å². The lowest BCUT2D eigenvalue weighted by atomic mass is 9.99. The number of amides is 1. The minimum atomic E-state index is 0.0887. The molecule has 1 amide bonds. The second kappa shape index (κ2) is 4.44. The van der Waals surface area contributed by atoms with Gasteiger partial charge in [-0.25, -0.2) is 0 Å². The summed E-state index contributed by atoms with van der Waals surface area (Å²) in [4.78, 5) is 11.8. The standard InChI is InChI=1S/C10H16N4O/c1-14-9(4-6-12-14)13-10(15)8-3-2-5-11-7-8/h4,6,8,11H,2-3,5,7H2,1H3,(H,13,15). The number of hydrogen-bond acceptors (Lipinski definition) is 3. The molecule has 0 radical (unpaired) electrons. The zero-order valence-electron chi connectivity index (χ0n) is 8.86. The second-order valence-electron chi connectivity index (χ2n) is 3.87. The smallest absolute Gasteiger partial charge is 0.229 e. The molecule has 0 aliphatic carbocycles. The number of anilines is 1.